The molecule has 0 aliphatic carbocycles. The number of carboxylic acid groups (broad SMARTS) is 1. The van der Waals surface area contributed by atoms with Gasteiger partial charge in [-0.25, -0.2) is 0 Å². The maximum Gasteiger partial charge on any atom is 0.325 e. The second kappa shape index (κ2) is 6.29. The molecule has 1 aromatic carbocycles. The fourth-order valence-electron chi connectivity index (χ4n) is 1.62. The van der Waals surface area contributed by atoms with Crippen LogP contribution in [0.4, 0.5) is 0 Å². The molecule has 1 rings (SSSR count). The van der Waals surface area contributed by atoms with Gasteiger partial charge in [-0.15, -0.1) is 0 Å². The number of ether oxygens (including phenoxy) is 3. The van der Waals surface area contributed by atoms with Crippen LogP contribution in [0.25, 0.3) is 0 Å². The zero-order chi connectivity index (χ0) is 14.6. The van der Waals surface area contributed by atoms with E-state index in [1.165, 1.54) is 20.3 Å². The van der Waals surface area contributed by atoms with Gasteiger partial charge < -0.3 is 25.1 Å². The van der Waals surface area contributed by atoms with E-state index in [9.17, 15) is 4.79 Å². The summed E-state index contributed by atoms with van der Waals surface area (Å²) in [5.41, 5.74) is 5.95. The first kappa shape index (κ1) is 15.1. The molecule has 106 valence electrons. The van der Waals surface area contributed by atoms with Gasteiger partial charge in [0.05, 0.1) is 20.3 Å². The molecule has 0 aliphatic heterocycles. The summed E-state index contributed by atoms with van der Waals surface area (Å²) in [4.78, 5) is 11.0. The van der Waals surface area contributed by atoms with Crippen LogP contribution in [0.5, 0.6) is 17.2 Å². The van der Waals surface area contributed by atoms with Crippen molar-refractivity contribution in [2.45, 2.75) is 26.0 Å². The number of nitrogens with two attached hydrogens (primary N) is 1. The molecule has 6 nitrogen and oxygen atoms in total. The molecule has 1 atom stereocenters. The molecule has 1 unspecified atom stereocenters. The van der Waals surface area contributed by atoms with Gasteiger partial charge in [0.1, 0.15) is 11.8 Å². The Morgan fingerprint density at radius 1 is 1.16 bits per heavy atom. The highest BCUT2D eigenvalue weighted by Crippen LogP contribution is 2.37. The van der Waals surface area contributed by atoms with Crippen molar-refractivity contribution in [3.05, 3.63) is 17.7 Å². The monoisotopic (exact) mass is 269 g/mol. The maximum absolute atomic E-state index is 11.0. The Hall–Kier alpha value is -1.95. The highest BCUT2D eigenvalue weighted by molar-refractivity contribution is 5.77. The van der Waals surface area contributed by atoms with Crippen LogP contribution in [0.3, 0.4) is 0 Å². The molecule has 3 N–H and O–H groups in total. The van der Waals surface area contributed by atoms with E-state index in [0.29, 0.717) is 22.8 Å². The Kier molecular flexibility index (Phi) is 5.00. The van der Waals surface area contributed by atoms with E-state index in [1.807, 2.05) is 13.8 Å². The summed E-state index contributed by atoms with van der Waals surface area (Å²) in [7, 11) is 2.92. The summed E-state index contributed by atoms with van der Waals surface area (Å²) in [6.07, 6.45) is -0.0439. The summed E-state index contributed by atoms with van der Waals surface area (Å²) in [6, 6.07) is 1.92. The molecule has 0 saturated heterocycles. The molecule has 0 radical (unpaired) electrons. The molecular weight excluding hydrogens is 250 g/mol. The summed E-state index contributed by atoms with van der Waals surface area (Å²) in [5, 5.41) is 8.98. The molecule has 0 aromatic heterocycles. The van der Waals surface area contributed by atoms with Crippen LogP contribution in [0.1, 0.15) is 25.5 Å². The molecule has 0 aliphatic rings. The zero-order valence-electron chi connectivity index (χ0n) is 11.5. The van der Waals surface area contributed by atoms with Crippen LogP contribution in [0, 0.1) is 0 Å². The summed E-state index contributed by atoms with van der Waals surface area (Å²) in [5.74, 6) is 0.112. The minimum absolute atomic E-state index is 0.0439. The van der Waals surface area contributed by atoms with E-state index in [-0.39, 0.29) is 6.10 Å². The number of hydrogen-bond donors (Lipinski definition) is 2. The fraction of sp³-hybridized carbons (Fsp3) is 0.462. The molecule has 0 amide bonds. The normalized spacial score (nSPS) is 12.1. The Labute approximate surface area is 112 Å². The van der Waals surface area contributed by atoms with Crippen molar-refractivity contribution in [1.82, 2.24) is 0 Å². The van der Waals surface area contributed by atoms with Gasteiger partial charge in [0.25, 0.3) is 0 Å². The first-order valence-corrected chi connectivity index (χ1v) is 5.81. The van der Waals surface area contributed by atoms with Crippen LogP contribution in [-0.2, 0) is 4.79 Å². The van der Waals surface area contributed by atoms with Gasteiger partial charge in [-0.05, 0) is 19.9 Å². The van der Waals surface area contributed by atoms with E-state index in [2.05, 4.69) is 0 Å². The van der Waals surface area contributed by atoms with Crippen molar-refractivity contribution in [3.63, 3.8) is 0 Å². The predicted octanol–water partition coefficient (Wildman–Crippen LogP) is 1.58. The van der Waals surface area contributed by atoms with Gasteiger partial charge >= 0.3 is 5.97 Å². The average Bonchev–Trinajstić information content (AvgIpc) is 2.36. The van der Waals surface area contributed by atoms with E-state index in [1.54, 1.807) is 6.07 Å². The van der Waals surface area contributed by atoms with Gasteiger partial charge in [-0.1, -0.05) is 0 Å². The number of hydrogen-bond acceptors (Lipinski definition) is 5. The van der Waals surface area contributed by atoms with E-state index < -0.39 is 12.0 Å². The lowest BCUT2D eigenvalue weighted by Gasteiger charge is -2.18. The number of carbonyl (C=O) groups is 1. The van der Waals surface area contributed by atoms with Crippen molar-refractivity contribution in [1.29, 1.82) is 0 Å². The third-order valence-electron chi connectivity index (χ3n) is 2.48. The van der Waals surface area contributed by atoms with Gasteiger partial charge in [-0.3, -0.25) is 4.79 Å². The highest BCUT2D eigenvalue weighted by atomic mass is 16.5. The van der Waals surface area contributed by atoms with Crippen LogP contribution in [-0.4, -0.2) is 31.4 Å². The lowest BCUT2D eigenvalue weighted by atomic mass is 10.1. The zero-order valence-corrected chi connectivity index (χ0v) is 11.5. The van der Waals surface area contributed by atoms with E-state index in [0.717, 1.165) is 0 Å². The van der Waals surface area contributed by atoms with Crippen LogP contribution in [0.15, 0.2) is 12.1 Å². The number of carboxylic acids is 1. The summed E-state index contributed by atoms with van der Waals surface area (Å²) >= 11 is 0. The minimum atomic E-state index is -1.18. The molecule has 19 heavy (non-hydrogen) atoms. The van der Waals surface area contributed by atoms with Gasteiger partial charge in [0.15, 0.2) is 11.5 Å². The molecule has 6 heteroatoms. The van der Waals surface area contributed by atoms with Crippen molar-refractivity contribution >= 4 is 5.97 Å². The minimum Gasteiger partial charge on any atom is -0.496 e. The molecular formula is C13H19NO5. The highest BCUT2D eigenvalue weighted by Gasteiger charge is 2.22. The van der Waals surface area contributed by atoms with Crippen molar-refractivity contribution in [2.75, 3.05) is 14.2 Å². The van der Waals surface area contributed by atoms with Crippen molar-refractivity contribution in [2.24, 2.45) is 5.73 Å². The molecule has 1 aromatic rings. The molecule has 0 fully saturated rings. The first-order chi connectivity index (χ1) is 8.90. The SMILES string of the molecule is COc1cc(C(N)C(=O)O)c(OC)cc1OC(C)C. The van der Waals surface area contributed by atoms with Gasteiger partial charge in [0, 0.05) is 11.6 Å². The third-order valence-corrected chi connectivity index (χ3v) is 2.48. The third kappa shape index (κ3) is 3.51. The Bertz CT molecular complexity index is 459. The Balaban J connectivity index is 3.30. The molecule has 0 heterocycles. The second-order valence-electron chi connectivity index (χ2n) is 4.23. The molecule has 0 bridgehead atoms. The standard InChI is InChI=1S/C13H19NO5/c1-7(2)19-11-6-9(17-3)8(5-10(11)18-4)12(14)13(15)16/h5-7,12H,14H2,1-4H3,(H,15,16). The first-order valence-electron chi connectivity index (χ1n) is 5.81. The van der Waals surface area contributed by atoms with E-state index >= 15 is 0 Å². The van der Waals surface area contributed by atoms with Crippen LogP contribution in [0.2, 0.25) is 0 Å². The predicted molar refractivity (Wildman–Crippen MR) is 69.9 cm³/mol. The molecule has 0 spiro atoms. The van der Waals surface area contributed by atoms with Crippen molar-refractivity contribution < 1.29 is 24.1 Å². The quantitative estimate of drug-likeness (QED) is 0.814. The number of rotatable bonds is 6. The number of methoxy groups -OCH3 is 2. The lowest BCUT2D eigenvalue weighted by molar-refractivity contribution is -0.138. The van der Waals surface area contributed by atoms with Crippen LogP contribution >= 0.6 is 0 Å². The smallest absolute Gasteiger partial charge is 0.325 e. The Morgan fingerprint density at radius 2 is 1.74 bits per heavy atom. The molecule has 0 saturated carbocycles. The fourth-order valence-corrected chi connectivity index (χ4v) is 1.62. The largest absolute Gasteiger partial charge is 0.496 e. The average molecular weight is 269 g/mol. The van der Waals surface area contributed by atoms with E-state index in [4.69, 9.17) is 25.1 Å². The maximum atomic E-state index is 11.0. The second-order valence-corrected chi connectivity index (χ2v) is 4.23. The van der Waals surface area contributed by atoms with Crippen molar-refractivity contribution in [3.8, 4) is 17.2 Å². The topological polar surface area (TPSA) is 91.0 Å². The number of benzene rings is 1. The summed E-state index contributed by atoms with van der Waals surface area (Å²) in [6.45, 7) is 3.76. The summed E-state index contributed by atoms with van der Waals surface area (Å²) < 4.78 is 15.9. The number of aliphatic carboxylic acids is 1. The van der Waals surface area contributed by atoms with Crippen LogP contribution < -0.4 is 19.9 Å². The van der Waals surface area contributed by atoms with Gasteiger partial charge in [0.2, 0.25) is 0 Å². The van der Waals surface area contributed by atoms with Gasteiger partial charge in [-0.2, -0.15) is 0 Å². The lowest BCUT2D eigenvalue weighted by Crippen LogP contribution is -2.21. The Morgan fingerprint density at radius 3 is 2.16 bits per heavy atom.